The fourth-order valence-corrected chi connectivity index (χ4v) is 3.46. The van der Waals surface area contributed by atoms with Crippen molar-refractivity contribution >= 4 is 0 Å². The maximum atomic E-state index is 5.63. The van der Waals surface area contributed by atoms with Gasteiger partial charge in [0.25, 0.3) is 0 Å². The Hall–Kier alpha value is -0.960. The van der Waals surface area contributed by atoms with Gasteiger partial charge in [-0.25, -0.2) is 0 Å². The van der Waals surface area contributed by atoms with Gasteiger partial charge in [-0.05, 0) is 18.9 Å². The van der Waals surface area contributed by atoms with E-state index in [9.17, 15) is 0 Å². The molecular weight excluding hydrogens is 306 g/mol. The van der Waals surface area contributed by atoms with Crippen LogP contribution in [0.4, 0.5) is 0 Å². The molecule has 0 bridgehead atoms. The van der Waals surface area contributed by atoms with Crippen molar-refractivity contribution in [3.05, 3.63) is 24.6 Å². The van der Waals surface area contributed by atoms with E-state index in [4.69, 9.17) is 5.73 Å². The van der Waals surface area contributed by atoms with Crippen LogP contribution < -0.4 is 11.1 Å². The third-order valence-corrected chi connectivity index (χ3v) is 5.07. The Kier molecular flexibility index (Phi) is 14.6. The molecule has 0 saturated carbocycles. The molecule has 0 aromatic rings. The Balaban J connectivity index is 1.81. The molecule has 0 amide bonds. The summed E-state index contributed by atoms with van der Waals surface area (Å²) >= 11 is 0. The summed E-state index contributed by atoms with van der Waals surface area (Å²) in [5.41, 5.74) is 5.63. The highest BCUT2D eigenvalue weighted by Gasteiger charge is 2.13. The largest absolute Gasteiger partial charge is 0.367 e. The topological polar surface area (TPSA) is 41.3 Å². The fraction of sp³-hybridized carbons (Fsp3) is 0.818. The van der Waals surface area contributed by atoms with Gasteiger partial charge >= 0.3 is 0 Å². The number of hydrogen-bond donors (Lipinski definition) is 2. The highest BCUT2D eigenvalue weighted by Crippen LogP contribution is 2.13. The van der Waals surface area contributed by atoms with Crippen LogP contribution in [0.2, 0.25) is 0 Å². The Labute approximate surface area is 157 Å². The van der Waals surface area contributed by atoms with Gasteiger partial charge in [0.15, 0.2) is 0 Å². The first-order chi connectivity index (χ1) is 12.4. The first kappa shape index (κ1) is 22.1. The zero-order valence-electron chi connectivity index (χ0n) is 16.7. The van der Waals surface area contributed by atoms with Crippen LogP contribution in [0.25, 0.3) is 0 Å². The van der Waals surface area contributed by atoms with Gasteiger partial charge < -0.3 is 16.0 Å². The number of unbranched alkanes of at least 4 members (excludes halogenated alkanes) is 13. The molecule has 3 nitrogen and oxygen atoms in total. The first-order valence-electron chi connectivity index (χ1n) is 10.9. The predicted octanol–water partition coefficient (Wildman–Crippen LogP) is 5.69. The second-order valence-corrected chi connectivity index (χ2v) is 7.41. The molecule has 0 saturated heterocycles. The predicted molar refractivity (Wildman–Crippen MR) is 111 cm³/mol. The molecule has 0 aliphatic carbocycles. The zero-order valence-corrected chi connectivity index (χ0v) is 16.7. The van der Waals surface area contributed by atoms with Crippen LogP contribution in [0, 0.1) is 0 Å². The van der Waals surface area contributed by atoms with E-state index in [1.807, 2.05) is 6.20 Å². The van der Waals surface area contributed by atoms with Gasteiger partial charge in [0.1, 0.15) is 6.17 Å². The van der Waals surface area contributed by atoms with Crippen molar-refractivity contribution in [3.63, 3.8) is 0 Å². The van der Waals surface area contributed by atoms with E-state index in [0.717, 1.165) is 6.54 Å². The molecule has 0 spiro atoms. The fourth-order valence-electron chi connectivity index (χ4n) is 3.46. The van der Waals surface area contributed by atoms with E-state index in [2.05, 4.69) is 35.5 Å². The van der Waals surface area contributed by atoms with Gasteiger partial charge in [-0.1, -0.05) is 90.0 Å². The maximum Gasteiger partial charge on any atom is 0.118 e. The Morgan fingerprint density at radius 2 is 1.44 bits per heavy atom. The molecule has 1 unspecified atom stereocenters. The second-order valence-electron chi connectivity index (χ2n) is 7.41. The van der Waals surface area contributed by atoms with E-state index in [1.165, 1.54) is 89.9 Å². The van der Waals surface area contributed by atoms with Crippen LogP contribution in [0.1, 0.15) is 96.8 Å². The Bertz CT molecular complexity index is 338. The SMILES string of the molecule is CCCCCCCCCCCCCCCC=CC1NC=CN1CCN. The summed E-state index contributed by atoms with van der Waals surface area (Å²) in [5, 5.41) is 3.34. The normalized spacial score (nSPS) is 16.9. The van der Waals surface area contributed by atoms with Gasteiger partial charge in [0, 0.05) is 25.5 Å². The summed E-state index contributed by atoms with van der Waals surface area (Å²) in [6.45, 7) is 3.91. The third-order valence-electron chi connectivity index (χ3n) is 5.07. The van der Waals surface area contributed by atoms with Crippen molar-refractivity contribution in [2.24, 2.45) is 5.73 Å². The van der Waals surface area contributed by atoms with Gasteiger partial charge in [0.05, 0.1) is 0 Å². The molecular formula is C22H43N3. The molecule has 0 aromatic heterocycles. The molecule has 1 aliphatic rings. The van der Waals surface area contributed by atoms with Crippen LogP contribution in [0.5, 0.6) is 0 Å². The summed E-state index contributed by atoms with van der Waals surface area (Å²) < 4.78 is 0. The monoisotopic (exact) mass is 349 g/mol. The second kappa shape index (κ2) is 16.5. The van der Waals surface area contributed by atoms with E-state index in [0.29, 0.717) is 12.7 Å². The van der Waals surface area contributed by atoms with Crippen molar-refractivity contribution in [3.8, 4) is 0 Å². The van der Waals surface area contributed by atoms with Crippen molar-refractivity contribution in [1.82, 2.24) is 10.2 Å². The molecule has 1 atom stereocenters. The van der Waals surface area contributed by atoms with Crippen LogP contribution >= 0.6 is 0 Å². The minimum absolute atomic E-state index is 0.311. The summed E-state index contributed by atoms with van der Waals surface area (Å²) in [6.07, 6.45) is 28.7. The lowest BCUT2D eigenvalue weighted by atomic mass is 10.0. The van der Waals surface area contributed by atoms with E-state index < -0.39 is 0 Å². The molecule has 1 rings (SSSR count). The van der Waals surface area contributed by atoms with Gasteiger partial charge in [-0.2, -0.15) is 0 Å². The molecule has 1 heterocycles. The molecule has 3 N–H and O–H groups in total. The molecule has 1 aliphatic heterocycles. The summed E-state index contributed by atoms with van der Waals surface area (Å²) in [7, 11) is 0. The Morgan fingerprint density at radius 3 is 2.00 bits per heavy atom. The highest BCUT2D eigenvalue weighted by molar-refractivity contribution is 5.04. The van der Waals surface area contributed by atoms with Gasteiger partial charge in [-0.15, -0.1) is 0 Å². The average molecular weight is 350 g/mol. The van der Waals surface area contributed by atoms with Crippen molar-refractivity contribution in [1.29, 1.82) is 0 Å². The highest BCUT2D eigenvalue weighted by atomic mass is 15.3. The van der Waals surface area contributed by atoms with Gasteiger partial charge in [0.2, 0.25) is 0 Å². The number of hydrogen-bond acceptors (Lipinski definition) is 3. The first-order valence-corrected chi connectivity index (χ1v) is 10.9. The van der Waals surface area contributed by atoms with Crippen molar-refractivity contribution < 1.29 is 0 Å². The standard InChI is InChI=1S/C22H43N3/c1-2-3-4-5-6-7-8-9-10-11-12-13-14-15-16-17-22-24-19-21-25(22)20-18-23/h16-17,19,21-22,24H,2-15,18,20,23H2,1H3. The molecule has 0 fully saturated rings. The van der Waals surface area contributed by atoms with E-state index in [-0.39, 0.29) is 0 Å². The lowest BCUT2D eigenvalue weighted by molar-refractivity contribution is 0.333. The van der Waals surface area contributed by atoms with Gasteiger partial charge in [-0.3, -0.25) is 0 Å². The van der Waals surface area contributed by atoms with Crippen LogP contribution in [0.15, 0.2) is 24.6 Å². The number of allylic oxidation sites excluding steroid dienone is 1. The minimum Gasteiger partial charge on any atom is -0.367 e. The van der Waals surface area contributed by atoms with Crippen LogP contribution in [-0.4, -0.2) is 24.2 Å². The quantitative estimate of drug-likeness (QED) is 0.262. The van der Waals surface area contributed by atoms with Crippen molar-refractivity contribution in [2.45, 2.75) is 103 Å². The lowest BCUT2D eigenvalue weighted by Crippen LogP contribution is -2.36. The lowest BCUT2D eigenvalue weighted by Gasteiger charge is -2.21. The number of rotatable bonds is 17. The number of nitrogens with zero attached hydrogens (tertiary/aromatic N) is 1. The van der Waals surface area contributed by atoms with Crippen molar-refractivity contribution in [2.75, 3.05) is 13.1 Å². The minimum atomic E-state index is 0.311. The zero-order chi connectivity index (χ0) is 18.0. The average Bonchev–Trinajstić information content (AvgIpc) is 3.06. The molecule has 25 heavy (non-hydrogen) atoms. The summed E-state index contributed by atoms with van der Waals surface area (Å²) in [5.74, 6) is 0. The number of nitrogens with one attached hydrogen (secondary N) is 1. The van der Waals surface area contributed by atoms with E-state index >= 15 is 0 Å². The van der Waals surface area contributed by atoms with E-state index in [1.54, 1.807) is 0 Å². The number of nitrogens with two attached hydrogens (primary N) is 1. The summed E-state index contributed by atoms with van der Waals surface area (Å²) in [4.78, 5) is 2.25. The maximum absolute atomic E-state index is 5.63. The van der Waals surface area contributed by atoms with Crippen LogP contribution in [-0.2, 0) is 0 Å². The molecule has 3 heteroatoms. The molecule has 0 radical (unpaired) electrons. The molecule has 146 valence electrons. The smallest absolute Gasteiger partial charge is 0.118 e. The molecule has 0 aromatic carbocycles. The van der Waals surface area contributed by atoms with Crippen LogP contribution in [0.3, 0.4) is 0 Å². The third kappa shape index (κ3) is 12.1. The summed E-state index contributed by atoms with van der Waals surface area (Å²) in [6, 6.07) is 0. The Morgan fingerprint density at radius 1 is 0.880 bits per heavy atom.